The Morgan fingerprint density at radius 3 is 2.67 bits per heavy atom. The molecule has 2 rings (SSSR count). The lowest BCUT2D eigenvalue weighted by molar-refractivity contribution is 0.597. The molecule has 1 heterocycles. The molecule has 1 aromatic carbocycles. The Balaban J connectivity index is 2.55. The summed E-state index contributed by atoms with van der Waals surface area (Å²) in [7, 11) is 3.73. The first-order valence-electron chi connectivity index (χ1n) is 5.22. The number of hydrogen-bond donors (Lipinski definition) is 1. The molecule has 0 amide bonds. The van der Waals surface area contributed by atoms with Gasteiger partial charge in [0.2, 0.25) is 0 Å². The molecule has 7 heteroatoms. The molecular formula is C11H11Br2ClN4. The van der Waals surface area contributed by atoms with E-state index >= 15 is 0 Å². The lowest BCUT2D eigenvalue weighted by Crippen LogP contribution is -2.21. The molecule has 1 unspecified atom stereocenters. The van der Waals surface area contributed by atoms with Crippen molar-refractivity contribution in [3.05, 3.63) is 43.6 Å². The Hall–Kier alpha value is -0.430. The van der Waals surface area contributed by atoms with Gasteiger partial charge >= 0.3 is 0 Å². The van der Waals surface area contributed by atoms with E-state index < -0.39 is 0 Å². The van der Waals surface area contributed by atoms with Crippen molar-refractivity contribution < 1.29 is 0 Å². The van der Waals surface area contributed by atoms with Crippen molar-refractivity contribution in [1.82, 2.24) is 20.3 Å². The summed E-state index contributed by atoms with van der Waals surface area (Å²) in [6, 6.07) is 5.69. The predicted octanol–water partition coefficient (Wildman–Crippen LogP) is 3.30. The van der Waals surface area contributed by atoms with Gasteiger partial charge < -0.3 is 5.32 Å². The van der Waals surface area contributed by atoms with Crippen LogP contribution >= 0.6 is 43.5 Å². The summed E-state index contributed by atoms with van der Waals surface area (Å²) >= 11 is 13.1. The summed E-state index contributed by atoms with van der Waals surface area (Å²) in [4.78, 5) is 0. The summed E-state index contributed by atoms with van der Waals surface area (Å²) in [5.41, 5.74) is 1.90. The highest BCUT2D eigenvalue weighted by molar-refractivity contribution is 9.10. The topological polar surface area (TPSA) is 42.7 Å². The number of hydrogen-bond acceptors (Lipinski definition) is 3. The largest absolute Gasteiger partial charge is 0.308 e. The highest BCUT2D eigenvalue weighted by atomic mass is 79.9. The van der Waals surface area contributed by atoms with Gasteiger partial charge in [0, 0.05) is 16.5 Å². The third-order valence-electron chi connectivity index (χ3n) is 2.66. The highest BCUT2D eigenvalue weighted by Crippen LogP contribution is 2.32. The smallest absolute Gasteiger partial charge is 0.153 e. The van der Waals surface area contributed by atoms with Crippen molar-refractivity contribution in [3.8, 4) is 0 Å². The van der Waals surface area contributed by atoms with Crippen molar-refractivity contribution >= 4 is 43.5 Å². The fraction of sp³-hybridized carbons (Fsp3) is 0.273. The summed E-state index contributed by atoms with van der Waals surface area (Å²) in [6.07, 6.45) is 0. The van der Waals surface area contributed by atoms with Crippen molar-refractivity contribution in [2.75, 3.05) is 7.05 Å². The van der Waals surface area contributed by atoms with Gasteiger partial charge in [0.15, 0.2) is 4.60 Å². The summed E-state index contributed by atoms with van der Waals surface area (Å²) in [5, 5.41) is 11.9. The Labute approximate surface area is 127 Å². The Bertz CT molecular complexity index is 551. The third-order valence-corrected chi connectivity index (χ3v) is 4.06. The molecule has 0 bridgehead atoms. The molecule has 4 nitrogen and oxygen atoms in total. The number of nitrogens with one attached hydrogen (secondary N) is 1. The number of aromatic nitrogens is 3. The number of halogens is 3. The first-order valence-corrected chi connectivity index (χ1v) is 7.18. The van der Waals surface area contributed by atoms with Crippen LogP contribution < -0.4 is 5.32 Å². The maximum atomic E-state index is 6.27. The van der Waals surface area contributed by atoms with E-state index in [-0.39, 0.29) is 6.04 Å². The van der Waals surface area contributed by atoms with Crippen molar-refractivity contribution in [2.24, 2.45) is 7.05 Å². The van der Waals surface area contributed by atoms with E-state index in [9.17, 15) is 0 Å². The fourth-order valence-electron chi connectivity index (χ4n) is 1.82. The zero-order chi connectivity index (χ0) is 13.3. The first-order chi connectivity index (χ1) is 8.54. The second-order valence-electron chi connectivity index (χ2n) is 3.78. The lowest BCUT2D eigenvalue weighted by atomic mass is 10.0. The number of benzene rings is 1. The van der Waals surface area contributed by atoms with Gasteiger partial charge in [-0.1, -0.05) is 32.7 Å². The van der Waals surface area contributed by atoms with E-state index in [2.05, 4.69) is 47.5 Å². The maximum absolute atomic E-state index is 6.27. The van der Waals surface area contributed by atoms with Crippen LogP contribution in [-0.4, -0.2) is 22.0 Å². The van der Waals surface area contributed by atoms with E-state index in [0.29, 0.717) is 9.63 Å². The third kappa shape index (κ3) is 2.61. The van der Waals surface area contributed by atoms with Gasteiger partial charge in [-0.25, -0.2) is 4.68 Å². The van der Waals surface area contributed by atoms with Crippen LogP contribution in [0, 0.1) is 0 Å². The summed E-state index contributed by atoms with van der Waals surface area (Å²) in [6.45, 7) is 0. The molecule has 0 saturated heterocycles. The van der Waals surface area contributed by atoms with Crippen LogP contribution in [-0.2, 0) is 7.05 Å². The minimum absolute atomic E-state index is 0.0793. The zero-order valence-electron chi connectivity index (χ0n) is 9.78. The lowest BCUT2D eigenvalue weighted by Gasteiger charge is -2.18. The second-order valence-corrected chi connectivity index (χ2v) is 5.85. The molecule has 0 radical (unpaired) electrons. The normalized spacial score (nSPS) is 12.7. The van der Waals surface area contributed by atoms with E-state index in [1.54, 1.807) is 4.68 Å². The van der Waals surface area contributed by atoms with Gasteiger partial charge in [0.05, 0.1) is 11.7 Å². The van der Waals surface area contributed by atoms with Crippen LogP contribution in [0.3, 0.4) is 0 Å². The summed E-state index contributed by atoms with van der Waals surface area (Å²) in [5.74, 6) is 0. The van der Waals surface area contributed by atoms with Crippen LogP contribution in [0.5, 0.6) is 0 Å². The van der Waals surface area contributed by atoms with Crippen molar-refractivity contribution in [1.29, 1.82) is 0 Å². The molecule has 0 fully saturated rings. The predicted molar refractivity (Wildman–Crippen MR) is 78.8 cm³/mol. The van der Waals surface area contributed by atoms with Gasteiger partial charge in [-0.2, -0.15) is 0 Å². The van der Waals surface area contributed by atoms with Gasteiger partial charge in [-0.15, -0.1) is 5.10 Å². The Morgan fingerprint density at radius 1 is 1.39 bits per heavy atom. The summed E-state index contributed by atoms with van der Waals surface area (Å²) < 4.78 is 3.41. The van der Waals surface area contributed by atoms with Crippen molar-refractivity contribution in [3.63, 3.8) is 0 Å². The standard InChI is InChI=1S/C11H11Br2ClN4/c1-15-9(10-11(13)16-17-18(10)2)7-5-6(12)3-4-8(7)14/h3-5,9,15H,1-2H3. The molecule has 0 saturated carbocycles. The van der Waals surface area contributed by atoms with Crippen LogP contribution in [0.2, 0.25) is 5.02 Å². The molecule has 96 valence electrons. The molecule has 1 aromatic heterocycles. The van der Waals surface area contributed by atoms with Crippen LogP contribution in [0.1, 0.15) is 17.3 Å². The van der Waals surface area contributed by atoms with Gasteiger partial charge in [0.25, 0.3) is 0 Å². The molecular weight excluding hydrogens is 383 g/mol. The molecule has 1 atom stereocenters. The number of rotatable bonds is 3. The monoisotopic (exact) mass is 392 g/mol. The average molecular weight is 394 g/mol. The molecule has 1 N–H and O–H groups in total. The maximum Gasteiger partial charge on any atom is 0.153 e. The van der Waals surface area contributed by atoms with E-state index in [4.69, 9.17) is 11.6 Å². The van der Waals surface area contributed by atoms with Gasteiger partial charge in [0.1, 0.15) is 0 Å². The molecule has 18 heavy (non-hydrogen) atoms. The highest BCUT2D eigenvalue weighted by Gasteiger charge is 2.22. The molecule has 2 aromatic rings. The average Bonchev–Trinajstić information content (AvgIpc) is 2.66. The van der Waals surface area contributed by atoms with Gasteiger partial charge in [-0.3, -0.25) is 0 Å². The SMILES string of the molecule is CNC(c1cc(Br)ccc1Cl)c1c(Br)nnn1C. The number of nitrogens with zero attached hydrogens (tertiary/aromatic N) is 3. The van der Waals surface area contributed by atoms with E-state index in [0.717, 1.165) is 15.7 Å². The Morgan fingerprint density at radius 2 is 2.11 bits per heavy atom. The van der Waals surface area contributed by atoms with Crippen LogP contribution in [0.15, 0.2) is 27.3 Å². The molecule has 0 aliphatic carbocycles. The minimum Gasteiger partial charge on any atom is -0.308 e. The quantitative estimate of drug-likeness (QED) is 0.869. The first kappa shape index (κ1) is 14.0. The van der Waals surface area contributed by atoms with E-state index in [1.165, 1.54) is 0 Å². The zero-order valence-corrected chi connectivity index (χ0v) is 13.7. The molecule has 0 aliphatic heterocycles. The van der Waals surface area contributed by atoms with Gasteiger partial charge in [-0.05, 0) is 46.7 Å². The minimum atomic E-state index is -0.0793. The molecule has 0 aliphatic rings. The fourth-order valence-corrected chi connectivity index (χ4v) is 2.98. The second kappa shape index (κ2) is 5.69. The molecule has 0 spiro atoms. The van der Waals surface area contributed by atoms with Crippen LogP contribution in [0.4, 0.5) is 0 Å². The Kier molecular flexibility index (Phi) is 4.42. The van der Waals surface area contributed by atoms with E-state index in [1.807, 2.05) is 32.3 Å². The van der Waals surface area contributed by atoms with Crippen molar-refractivity contribution in [2.45, 2.75) is 6.04 Å². The number of aryl methyl sites for hydroxylation is 1. The van der Waals surface area contributed by atoms with Crippen LogP contribution in [0.25, 0.3) is 0 Å².